The number of halogens is 2. The largest absolute Gasteiger partial charge is 0.466 e. The number of nitrogens with one attached hydrogen (secondary N) is 1. The lowest BCUT2D eigenvalue weighted by Gasteiger charge is -2.28. The second-order valence-corrected chi connectivity index (χ2v) is 11.4. The summed E-state index contributed by atoms with van der Waals surface area (Å²) in [5, 5.41) is 4.01. The summed E-state index contributed by atoms with van der Waals surface area (Å²) in [7, 11) is 0. The fraction of sp³-hybridized carbons (Fsp3) is 0.344. The topological polar surface area (TPSA) is 72.7 Å². The molecule has 8 heteroatoms. The van der Waals surface area contributed by atoms with Crippen LogP contribution in [0.25, 0.3) is 16.8 Å². The van der Waals surface area contributed by atoms with Crippen molar-refractivity contribution in [2.24, 2.45) is 5.92 Å². The Morgan fingerprint density at radius 3 is 2.42 bits per heavy atom. The number of fused-ring (bicyclic) bond motifs is 1. The minimum Gasteiger partial charge on any atom is -0.466 e. The van der Waals surface area contributed by atoms with Gasteiger partial charge >= 0.3 is 5.97 Å². The number of pyridine rings is 1. The molecule has 40 heavy (non-hydrogen) atoms. The molecule has 0 saturated heterocycles. The molecule has 5 rings (SSSR count). The number of aromatic nitrogens is 2. The lowest BCUT2D eigenvalue weighted by Crippen LogP contribution is -2.23. The number of carbonyl (C=O) groups excluding carboxylic acids is 2. The van der Waals surface area contributed by atoms with Gasteiger partial charge in [-0.3, -0.25) is 9.59 Å². The van der Waals surface area contributed by atoms with Crippen LogP contribution in [-0.2, 0) is 16.1 Å². The molecule has 0 atom stereocenters. The maximum absolute atomic E-state index is 12.8. The molecule has 0 aliphatic heterocycles. The van der Waals surface area contributed by atoms with E-state index in [0.717, 1.165) is 47.9 Å². The second-order valence-electron chi connectivity index (χ2n) is 10.5. The molecule has 1 saturated carbocycles. The van der Waals surface area contributed by atoms with Crippen LogP contribution in [0.3, 0.4) is 0 Å². The number of hydrogen-bond acceptors (Lipinski definition) is 4. The Labute approximate surface area is 244 Å². The van der Waals surface area contributed by atoms with Gasteiger partial charge in [-0.2, -0.15) is 0 Å². The number of carbonyl (C=O) groups is 2. The van der Waals surface area contributed by atoms with E-state index in [1.807, 2.05) is 42.6 Å². The van der Waals surface area contributed by atoms with Crippen molar-refractivity contribution in [1.29, 1.82) is 0 Å². The number of rotatable bonds is 8. The van der Waals surface area contributed by atoms with E-state index in [1.165, 1.54) is 5.56 Å². The van der Waals surface area contributed by atoms with Crippen molar-refractivity contribution in [1.82, 2.24) is 14.7 Å². The SMILES string of the molecule is CCOC(=O)C[C@H]1CC[C@H](c2ccc(-c3ccc4nc(C(=O)NCc5c(C)cc(Cl)cc5Cl)cn4c3)cc2)CC1. The molecule has 2 aromatic heterocycles. The molecular weight excluding hydrogens is 545 g/mol. The van der Waals surface area contributed by atoms with Crippen LogP contribution >= 0.6 is 23.2 Å². The number of ether oxygens (including phenoxy) is 1. The molecule has 4 aromatic rings. The van der Waals surface area contributed by atoms with E-state index < -0.39 is 0 Å². The van der Waals surface area contributed by atoms with Crippen molar-refractivity contribution in [3.05, 3.63) is 93.4 Å². The summed E-state index contributed by atoms with van der Waals surface area (Å²) < 4.78 is 7.00. The van der Waals surface area contributed by atoms with Crippen LogP contribution in [0, 0.1) is 12.8 Å². The van der Waals surface area contributed by atoms with Crippen molar-refractivity contribution in [3.8, 4) is 11.1 Å². The van der Waals surface area contributed by atoms with Crippen LogP contribution in [0.5, 0.6) is 0 Å². The molecular formula is C32H33Cl2N3O3. The predicted octanol–water partition coefficient (Wildman–Crippen LogP) is 7.77. The van der Waals surface area contributed by atoms with Gasteiger partial charge in [-0.15, -0.1) is 0 Å². The van der Waals surface area contributed by atoms with Crippen molar-refractivity contribution >= 4 is 40.7 Å². The molecule has 0 spiro atoms. The van der Waals surface area contributed by atoms with Crippen LogP contribution in [0.15, 0.2) is 60.9 Å². The lowest BCUT2D eigenvalue weighted by atomic mass is 9.77. The average Bonchev–Trinajstić information content (AvgIpc) is 3.37. The van der Waals surface area contributed by atoms with Gasteiger partial charge in [-0.05, 0) is 103 Å². The zero-order valence-electron chi connectivity index (χ0n) is 22.8. The number of amides is 1. The van der Waals surface area contributed by atoms with Gasteiger partial charge in [-0.25, -0.2) is 4.98 Å². The first-order valence-corrected chi connectivity index (χ1v) is 14.5. The summed E-state index contributed by atoms with van der Waals surface area (Å²) in [5.41, 5.74) is 6.29. The molecule has 1 amide bonds. The highest BCUT2D eigenvalue weighted by atomic mass is 35.5. The number of benzene rings is 2. The second kappa shape index (κ2) is 12.4. The van der Waals surface area contributed by atoms with E-state index in [9.17, 15) is 9.59 Å². The monoisotopic (exact) mass is 577 g/mol. The van der Waals surface area contributed by atoms with Crippen molar-refractivity contribution in [2.75, 3.05) is 6.61 Å². The summed E-state index contributed by atoms with van der Waals surface area (Å²) in [6.07, 6.45) is 8.59. The maximum atomic E-state index is 12.8. The molecule has 1 aliphatic rings. The molecule has 1 N–H and O–H groups in total. The molecule has 0 radical (unpaired) electrons. The molecule has 0 bridgehead atoms. The Balaban J connectivity index is 1.22. The van der Waals surface area contributed by atoms with Crippen LogP contribution in [0.4, 0.5) is 0 Å². The summed E-state index contributed by atoms with van der Waals surface area (Å²) in [4.78, 5) is 29.1. The third-order valence-electron chi connectivity index (χ3n) is 7.82. The third kappa shape index (κ3) is 6.51. The molecule has 2 heterocycles. The smallest absolute Gasteiger partial charge is 0.306 e. The fourth-order valence-corrected chi connectivity index (χ4v) is 6.25. The van der Waals surface area contributed by atoms with Gasteiger partial charge in [0.25, 0.3) is 5.91 Å². The quantitative estimate of drug-likeness (QED) is 0.217. The highest BCUT2D eigenvalue weighted by Gasteiger charge is 2.24. The van der Waals surface area contributed by atoms with Gasteiger partial charge in [-0.1, -0.05) is 47.5 Å². The first-order chi connectivity index (χ1) is 19.3. The Bertz CT molecular complexity index is 1500. The van der Waals surface area contributed by atoms with Crippen LogP contribution < -0.4 is 5.32 Å². The first-order valence-electron chi connectivity index (χ1n) is 13.8. The van der Waals surface area contributed by atoms with Gasteiger partial charge in [0.2, 0.25) is 0 Å². The molecule has 1 fully saturated rings. The van der Waals surface area contributed by atoms with Gasteiger partial charge in [0.15, 0.2) is 0 Å². The highest BCUT2D eigenvalue weighted by Crippen LogP contribution is 2.38. The Kier molecular flexibility index (Phi) is 8.77. The molecule has 2 aromatic carbocycles. The minimum absolute atomic E-state index is 0.0733. The molecule has 208 valence electrons. The number of aryl methyl sites for hydroxylation is 1. The number of esters is 1. The van der Waals surface area contributed by atoms with Crippen molar-refractivity contribution in [2.45, 2.75) is 58.4 Å². The van der Waals surface area contributed by atoms with E-state index in [-0.39, 0.29) is 11.9 Å². The third-order valence-corrected chi connectivity index (χ3v) is 8.37. The molecule has 0 unspecified atom stereocenters. The normalized spacial score (nSPS) is 17.1. The Hall–Kier alpha value is -3.35. The summed E-state index contributed by atoms with van der Waals surface area (Å²) in [6, 6.07) is 16.2. The zero-order valence-corrected chi connectivity index (χ0v) is 24.3. The highest BCUT2D eigenvalue weighted by molar-refractivity contribution is 6.35. The molecule has 6 nitrogen and oxygen atoms in total. The maximum Gasteiger partial charge on any atom is 0.306 e. The van der Waals surface area contributed by atoms with Gasteiger partial charge < -0.3 is 14.5 Å². The number of imidazole rings is 1. The molecule has 1 aliphatic carbocycles. The number of nitrogens with zero attached hydrogens (tertiary/aromatic N) is 2. The number of hydrogen-bond donors (Lipinski definition) is 1. The standard InChI is InChI=1S/C32H33Cl2N3O3/c1-3-40-31(38)15-21-4-6-22(7-5-21)23-8-10-24(11-9-23)25-12-13-30-36-29(19-37(30)18-25)32(39)35-17-27-20(2)14-26(33)16-28(27)34/h8-14,16,18-19,21-22H,3-7,15,17H2,1-2H3,(H,35,39)/t21-,22-. The van der Waals surface area contributed by atoms with Crippen molar-refractivity contribution < 1.29 is 14.3 Å². The van der Waals surface area contributed by atoms with Gasteiger partial charge in [0, 0.05) is 35.4 Å². The van der Waals surface area contributed by atoms with Crippen LogP contribution in [0.2, 0.25) is 10.0 Å². The predicted molar refractivity (Wildman–Crippen MR) is 159 cm³/mol. The van der Waals surface area contributed by atoms with Crippen molar-refractivity contribution in [3.63, 3.8) is 0 Å². The van der Waals surface area contributed by atoms with Crippen LogP contribution in [-0.4, -0.2) is 27.9 Å². The minimum atomic E-state index is -0.267. The first kappa shape index (κ1) is 28.2. The van der Waals surface area contributed by atoms with E-state index in [1.54, 1.807) is 12.3 Å². The van der Waals surface area contributed by atoms with E-state index in [4.69, 9.17) is 27.9 Å². The van der Waals surface area contributed by atoms with Crippen LogP contribution in [0.1, 0.15) is 72.1 Å². The lowest BCUT2D eigenvalue weighted by molar-refractivity contribution is -0.144. The Morgan fingerprint density at radius 1 is 1.00 bits per heavy atom. The average molecular weight is 579 g/mol. The van der Waals surface area contributed by atoms with E-state index in [2.05, 4.69) is 34.6 Å². The zero-order chi connectivity index (χ0) is 28.2. The fourth-order valence-electron chi connectivity index (χ4n) is 5.59. The summed E-state index contributed by atoms with van der Waals surface area (Å²) in [6.45, 7) is 4.51. The summed E-state index contributed by atoms with van der Waals surface area (Å²) >= 11 is 12.4. The summed E-state index contributed by atoms with van der Waals surface area (Å²) in [5.74, 6) is 0.617. The Morgan fingerprint density at radius 2 is 1.73 bits per heavy atom. The van der Waals surface area contributed by atoms with Gasteiger partial charge in [0.1, 0.15) is 11.3 Å². The van der Waals surface area contributed by atoms with Gasteiger partial charge in [0.05, 0.1) is 6.61 Å². The van der Waals surface area contributed by atoms with E-state index >= 15 is 0 Å². The van der Waals surface area contributed by atoms with E-state index in [0.29, 0.717) is 52.8 Å².